The number of nitro groups is 1. The molecule has 10 nitrogen and oxygen atoms in total. The largest absolute Gasteiger partial charge is 0.726 e. The number of aromatic nitrogens is 2. The third-order valence-electron chi connectivity index (χ3n) is 3.40. The molecule has 0 atom stereocenters. The van der Waals surface area contributed by atoms with Crippen LogP contribution in [-0.2, 0) is 28.2 Å². The highest BCUT2D eigenvalue weighted by molar-refractivity contribution is 7.98. The van der Waals surface area contributed by atoms with Crippen molar-refractivity contribution in [3.8, 4) is 0 Å². The van der Waals surface area contributed by atoms with Crippen molar-refractivity contribution in [1.82, 2.24) is 4.57 Å². The monoisotopic (exact) mass is 452 g/mol. The molecular formula is C15H21ClN4O6S2. The third kappa shape index (κ3) is 8.44. The van der Waals surface area contributed by atoms with Crippen molar-refractivity contribution in [2.75, 3.05) is 25.2 Å². The minimum absolute atomic E-state index is 0.00941. The van der Waals surface area contributed by atoms with Crippen molar-refractivity contribution in [2.24, 2.45) is 7.05 Å². The van der Waals surface area contributed by atoms with Crippen LogP contribution in [0.2, 0.25) is 5.02 Å². The van der Waals surface area contributed by atoms with Crippen LogP contribution in [0.1, 0.15) is 6.42 Å². The molecule has 1 aromatic heterocycles. The molecule has 0 aliphatic carbocycles. The van der Waals surface area contributed by atoms with E-state index in [1.165, 1.54) is 17.8 Å². The number of nitrogens with zero attached hydrogens (tertiary/aromatic N) is 3. The van der Waals surface area contributed by atoms with Crippen molar-refractivity contribution >= 4 is 45.1 Å². The molecule has 1 aromatic carbocycles. The Morgan fingerprint density at radius 2 is 2.07 bits per heavy atom. The summed E-state index contributed by atoms with van der Waals surface area (Å²) < 4.78 is 35.1. The number of benzene rings is 1. The Morgan fingerprint density at radius 3 is 2.54 bits per heavy atom. The zero-order chi connectivity index (χ0) is 21.3. The van der Waals surface area contributed by atoms with Crippen LogP contribution in [0.3, 0.4) is 0 Å². The molecule has 13 heteroatoms. The maximum Gasteiger partial charge on any atom is 0.293 e. The fourth-order valence-electron chi connectivity index (χ4n) is 2.11. The van der Waals surface area contributed by atoms with Crippen LogP contribution in [-0.4, -0.2) is 42.4 Å². The number of hydrogen-bond donors (Lipinski definition) is 1. The summed E-state index contributed by atoms with van der Waals surface area (Å²) in [6.07, 6.45) is 8.72. The first-order valence-electron chi connectivity index (χ1n) is 7.85. The number of imidazole rings is 1. The van der Waals surface area contributed by atoms with Gasteiger partial charge in [0.25, 0.3) is 5.69 Å². The van der Waals surface area contributed by atoms with Gasteiger partial charge >= 0.3 is 0 Å². The smallest absolute Gasteiger partial charge is 0.293 e. The van der Waals surface area contributed by atoms with Crippen molar-refractivity contribution < 1.29 is 26.6 Å². The van der Waals surface area contributed by atoms with E-state index >= 15 is 0 Å². The Kier molecular flexibility index (Phi) is 9.69. The number of anilines is 1. The standard InChI is InChI=1S/C14H18ClN4O2S.CH4O4S/c1-17-6-7-18(10-17)5-3-4-16-12-9-14(22-2)11(15)8-13(12)19(20)21;1-5-6(2,3)4/h6-10,16H,3-5H2,1-2H3;1H3,(H,2,3,4)/q+1;/p-1. The highest BCUT2D eigenvalue weighted by Gasteiger charge is 2.17. The summed E-state index contributed by atoms with van der Waals surface area (Å²) in [5.74, 6) is 0. The average Bonchev–Trinajstić information content (AvgIpc) is 3.04. The molecule has 0 fully saturated rings. The maximum absolute atomic E-state index is 11.1. The summed E-state index contributed by atoms with van der Waals surface area (Å²) in [6, 6.07) is 3.14. The van der Waals surface area contributed by atoms with Gasteiger partial charge in [0.15, 0.2) is 0 Å². The van der Waals surface area contributed by atoms with Gasteiger partial charge in [0.2, 0.25) is 16.7 Å². The van der Waals surface area contributed by atoms with E-state index in [0.717, 1.165) is 25.0 Å². The zero-order valence-corrected chi connectivity index (χ0v) is 17.9. The van der Waals surface area contributed by atoms with Gasteiger partial charge in [-0.25, -0.2) is 17.6 Å². The SMILES string of the molecule is COS(=O)(=O)[O-].CSc1cc(NCCCn2cc[n+](C)c2)c([N+](=O)[O-])cc1Cl. The first-order valence-corrected chi connectivity index (χ1v) is 10.8. The molecular weight excluding hydrogens is 432 g/mol. The molecule has 0 saturated heterocycles. The Morgan fingerprint density at radius 1 is 1.43 bits per heavy atom. The van der Waals surface area contributed by atoms with Crippen LogP contribution >= 0.6 is 23.4 Å². The summed E-state index contributed by atoms with van der Waals surface area (Å²) in [4.78, 5) is 11.5. The van der Waals surface area contributed by atoms with Gasteiger partial charge in [0.1, 0.15) is 18.1 Å². The fourth-order valence-corrected chi connectivity index (χ4v) is 2.99. The predicted molar refractivity (Wildman–Crippen MR) is 105 cm³/mol. The molecule has 2 rings (SSSR count). The Bertz CT molecular complexity index is 904. The second-order valence-corrected chi connectivity index (χ2v) is 7.84. The minimum atomic E-state index is -4.41. The lowest BCUT2D eigenvalue weighted by Crippen LogP contribution is -2.23. The molecule has 0 aliphatic rings. The lowest BCUT2D eigenvalue weighted by molar-refractivity contribution is -0.671. The number of thioether (sulfide) groups is 1. The zero-order valence-electron chi connectivity index (χ0n) is 15.5. The number of hydrogen-bond acceptors (Lipinski definition) is 8. The van der Waals surface area contributed by atoms with E-state index < -0.39 is 15.3 Å². The lowest BCUT2D eigenvalue weighted by Gasteiger charge is -2.09. The van der Waals surface area contributed by atoms with Gasteiger partial charge in [0.05, 0.1) is 30.6 Å². The quantitative estimate of drug-likeness (QED) is 0.123. The summed E-state index contributed by atoms with van der Waals surface area (Å²) in [6.45, 7) is 1.50. The Balaban J connectivity index is 0.000000568. The van der Waals surface area contributed by atoms with Crippen LogP contribution in [0.25, 0.3) is 0 Å². The van der Waals surface area contributed by atoms with Gasteiger partial charge in [-0.05, 0) is 12.3 Å². The second-order valence-electron chi connectivity index (χ2n) is 5.43. The van der Waals surface area contributed by atoms with Gasteiger partial charge in [-0.1, -0.05) is 11.6 Å². The molecule has 1 N–H and O–H groups in total. The van der Waals surface area contributed by atoms with Crippen molar-refractivity contribution in [1.29, 1.82) is 0 Å². The van der Waals surface area contributed by atoms with E-state index in [4.69, 9.17) is 11.6 Å². The molecule has 0 aliphatic heterocycles. The third-order valence-corrected chi connectivity index (χ3v) is 5.01. The normalized spacial score (nSPS) is 10.9. The van der Waals surface area contributed by atoms with Crippen LogP contribution in [0, 0.1) is 10.1 Å². The number of rotatable bonds is 8. The van der Waals surface area contributed by atoms with Gasteiger partial charge in [-0.3, -0.25) is 14.3 Å². The van der Waals surface area contributed by atoms with Gasteiger partial charge in [0, 0.05) is 23.9 Å². The predicted octanol–water partition coefficient (Wildman–Crippen LogP) is 2.19. The molecule has 0 bridgehead atoms. The Labute approximate surface area is 172 Å². The number of nitro benzene ring substituents is 1. The number of nitrogens with one attached hydrogen (secondary N) is 1. The number of halogens is 1. The minimum Gasteiger partial charge on any atom is -0.726 e. The molecule has 0 amide bonds. The first-order chi connectivity index (χ1) is 13.1. The van der Waals surface area contributed by atoms with E-state index in [-0.39, 0.29) is 5.69 Å². The van der Waals surface area contributed by atoms with Crippen molar-refractivity contribution in [2.45, 2.75) is 17.9 Å². The second kappa shape index (κ2) is 11.2. The molecule has 1 heterocycles. The fraction of sp³-hybridized carbons (Fsp3) is 0.400. The van der Waals surface area contributed by atoms with E-state index in [1.807, 2.05) is 36.6 Å². The van der Waals surface area contributed by atoms with Gasteiger partial charge < -0.3 is 9.87 Å². The summed E-state index contributed by atoms with van der Waals surface area (Å²) in [5.41, 5.74) is 0.520. The molecule has 0 unspecified atom stereocenters. The van der Waals surface area contributed by atoms with Crippen LogP contribution < -0.4 is 9.88 Å². The summed E-state index contributed by atoms with van der Waals surface area (Å²) in [7, 11) is -1.64. The van der Waals surface area contributed by atoms with E-state index in [1.54, 1.807) is 6.07 Å². The topological polar surface area (TPSA) is 130 Å². The van der Waals surface area contributed by atoms with Crippen LogP contribution in [0.4, 0.5) is 11.4 Å². The highest BCUT2D eigenvalue weighted by atomic mass is 35.5. The van der Waals surface area contributed by atoms with Crippen molar-refractivity contribution in [3.63, 3.8) is 0 Å². The van der Waals surface area contributed by atoms with Crippen LogP contribution in [0.15, 0.2) is 35.7 Å². The summed E-state index contributed by atoms with van der Waals surface area (Å²) >= 11 is 7.50. The summed E-state index contributed by atoms with van der Waals surface area (Å²) in [5, 5.41) is 14.7. The first kappa shape index (κ1) is 24.2. The average molecular weight is 453 g/mol. The maximum atomic E-state index is 11.1. The molecule has 2 aromatic rings. The van der Waals surface area contributed by atoms with E-state index in [9.17, 15) is 23.1 Å². The van der Waals surface area contributed by atoms with Crippen molar-refractivity contribution in [3.05, 3.63) is 46.0 Å². The van der Waals surface area contributed by atoms with E-state index in [0.29, 0.717) is 17.3 Å². The Hall–Kier alpha value is -1.86. The number of aryl methyl sites for hydroxylation is 2. The van der Waals surface area contributed by atoms with Crippen LogP contribution in [0.5, 0.6) is 0 Å². The molecule has 0 radical (unpaired) electrons. The molecule has 28 heavy (non-hydrogen) atoms. The molecule has 156 valence electrons. The van der Waals surface area contributed by atoms with Gasteiger partial charge in [-0.15, -0.1) is 11.8 Å². The highest BCUT2D eigenvalue weighted by Crippen LogP contribution is 2.35. The molecule has 0 spiro atoms. The molecule has 0 saturated carbocycles. The van der Waals surface area contributed by atoms with Gasteiger partial charge in [-0.2, -0.15) is 0 Å². The van der Waals surface area contributed by atoms with E-state index in [2.05, 4.69) is 14.1 Å². The lowest BCUT2D eigenvalue weighted by atomic mass is 10.2.